The van der Waals surface area contributed by atoms with Gasteiger partial charge in [0.05, 0.1) is 11.8 Å². The molecule has 4 heteroatoms. The standard InChI is InChI=1S/C17H27N3O/c1-2-10-21-17-4-3-9-20(13-17)16-7-8-18-15(11-16)12-19-14-5-6-14/h7-8,11,14,17,19H,2-6,9-10,12-13H2,1H3. The Hall–Kier alpha value is -1.13. The van der Waals surface area contributed by atoms with Gasteiger partial charge in [-0.05, 0) is 44.2 Å². The summed E-state index contributed by atoms with van der Waals surface area (Å²) in [7, 11) is 0. The maximum Gasteiger partial charge on any atom is 0.0750 e. The van der Waals surface area contributed by atoms with E-state index < -0.39 is 0 Å². The monoisotopic (exact) mass is 289 g/mol. The molecule has 0 amide bonds. The summed E-state index contributed by atoms with van der Waals surface area (Å²) >= 11 is 0. The minimum absolute atomic E-state index is 0.389. The van der Waals surface area contributed by atoms with Gasteiger partial charge in [-0.2, -0.15) is 0 Å². The van der Waals surface area contributed by atoms with Crippen molar-refractivity contribution in [2.45, 2.75) is 57.7 Å². The van der Waals surface area contributed by atoms with E-state index in [1.807, 2.05) is 6.20 Å². The van der Waals surface area contributed by atoms with E-state index in [0.717, 1.165) is 44.4 Å². The Morgan fingerprint density at radius 3 is 3.10 bits per heavy atom. The number of ether oxygens (including phenoxy) is 1. The van der Waals surface area contributed by atoms with Crippen LogP contribution in [0.4, 0.5) is 5.69 Å². The highest BCUT2D eigenvalue weighted by Crippen LogP contribution is 2.23. The Bertz CT molecular complexity index is 447. The van der Waals surface area contributed by atoms with Gasteiger partial charge < -0.3 is 15.0 Å². The molecule has 3 rings (SSSR count). The van der Waals surface area contributed by atoms with Gasteiger partial charge in [-0.25, -0.2) is 0 Å². The molecule has 0 radical (unpaired) electrons. The predicted molar refractivity (Wildman–Crippen MR) is 85.6 cm³/mol. The molecular weight excluding hydrogens is 262 g/mol. The molecule has 1 unspecified atom stereocenters. The molecular formula is C17H27N3O. The van der Waals surface area contributed by atoms with E-state index in [2.05, 4.69) is 34.3 Å². The summed E-state index contributed by atoms with van der Waals surface area (Å²) in [5.74, 6) is 0. The first-order valence-corrected chi connectivity index (χ1v) is 8.40. The summed E-state index contributed by atoms with van der Waals surface area (Å²) < 4.78 is 5.93. The molecule has 1 saturated carbocycles. The molecule has 0 bridgehead atoms. The SMILES string of the molecule is CCCOC1CCCN(c2ccnc(CNC3CC3)c2)C1. The molecule has 2 heterocycles. The maximum absolute atomic E-state index is 5.93. The number of piperidine rings is 1. The highest BCUT2D eigenvalue weighted by atomic mass is 16.5. The molecule has 116 valence electrons. The quantitative estimate of drug-likeness (QED) is 0.837. The van der Waals surface area contributed by atoms with Gasteiger partial charge in [0.25, 0.3) is 0 Å². The van der Waals surface area contributed by atoms with Gasteiger partial charge in [-0.15, -0.1) is 0 Å². The van der Waals surface area contributed by atoms with Crippen LogP contribution in [0.25, 0.3) is 0 Å². The molecule has 0 spiro atoms. The molecule has 2 aliphatic rings. The Kier molecular flexibility index (Phi) is 5.09. The maximum atomic E-state index is 5.93. The van der Waals surface area contributed by atoms with Gasteiger partial charge in [-0.3, -0.25) is 4.98 Å². The van der Waals surface area contributed by atoms with Gasteiger partial charge in [0.2, 0.25) is 0 Å². The van der Waals surface area contributed by atoms with Gasteiger partial charge in [0.15, 0.2) is 0 Å². The van der Waals surface area contributed by atoms with Gasteiger partial charge >= 0.3 is 0 Å². The van der Waals surface area contributed by atoms with Gasteiger partial charge in [-0.1, -0.05) is 6.92 Å². The smallest absolute Gasteiger partial charge is 0.0750 e. The van der Waals surface area contributed by atoms with E-state index in [-0.39, 0.29) is 0 Å². The summed E-state index contributed by atoms with van der Waals surface area (Å²) in [5.41, 5.74) is 2.44. The van der Waals surface area contributed by atoms with E-state index in [4.69, 9.17) is 4.74 Å². The fourth-order valence-electron chi connectivity index (χ4n) is 2.89. The van der Waals surface area contributed by atoms with Crippen LogP contribution in [0.3, 0.4) is 0 Å². The Balaban J connectivity index is 1.57. The zero-order valence-electron chi connectivity index (χ0n) is 13.1. The highest BCUT2D eigenvalue weighted by molar-refractivity contribution is 5.47. The molecule has 4 nitrogen and oxygen atoms in total. The lowest BCUT2D eigenvalue weighted by molar-refractivity contribution is 0.0440. The number of hydrogen-bond acceptors (Lipinski definition) is 4. The second-order valence-corrected chi connectivity index (χ2v) is 6.24. The lowest BCUT2D eigenvalue weighted by atomic mass is 10.1. The van der Waals surface area contributed by atoms with Gasteiger partial charge in [0, 0.05) is 44.2 Å². The van der Waals surface area contributed by atoms with Crippen molar-refractivity contribution in [3.8, 4) is 0 Å². The van der Waals surface area contributed by atoms with Crippen LogP contribution in [0, 0.1) is 0 Å². The molecule has 0 aromatic carbocycles. The first-order valence-electron chi connectivity index (χ1n) is 8.40. The predicted octanol–water partition coefficient (Wildman–Crippen LogP) is 2.73. The number of rotatable bonds is 7. The third-order valence-electron chi connectivity index (χ3n) is 4.25. The molecule has 1 atom stereocenters. The van der Waals surface area contributed by atoms with Crippen molar-refractivity contribution in [2.75, 3.05) is 24.6 Å². The van der Waals surface area contributed by atoms with Crippen LogP contribution in [0.1, 0.15) is 44.7 Å². The molecule has 2 fully saturated rings. The number of nitrogens with zero attached hydrogens (tertiary/aromatic N) is 2. The Labute approximate surface area is 127 Å². The van der Waals surface area contributed by atoms with Crippen LogP contribution in [-0.4, -0.2) is 36.8 Å². The van der Waals surface area contributed by atoms with Crippen LogP contribution in [0.15, 0.2) is 18.3 Å². The van der Waals surface area contributed by atoms with Crippen molar-refractivity contribution in [2.24, 2.45) is 0 Å². The largest absolute Gasteiger partial charge is 0.376 e. The first-order chi connectivity index (χ1) is 10.3. The van der Waals surface area contributed by atoms with Gasteiger partial charge in [0.1, 0.15) is 0 Å². The van der Waals surface area contributed by atoms with E-state index in [1.165, 1.54) is 31.4 Å². The molecule has 1 aromatic rings. The summed E-state index contributed by atoms with van der Waals surface area (Å²) in [5, 5.41) is 3.53. The normalized spacial score (nSPS) is 22.5. The molecule has 1 aliphatic carbocycles. The lowest BCUT2D eigenvalue weighted by Gasteiger charge is -2.34. The molecule has 1 saturated heterocycles. The zero-order valence-corrected chi connectivity index (χ0v) is 13.1. The van der Waals surface area contributed by atoms with E-state index in [9.17, 15) is 0 Å². The zero-order chi connectivity index (χ0) is 14.5. The lowest BCUT2D eigenvalue weighted by Crippen LogP contribution is -2.40. The fourth-order valence-corrected chi connectivity index (χ4v) is 2.89. The van der Waals surface area contributed by atoms with Crippen molar-refractivity contribution in [1.29, 1.82) is 0 Å². The van der Waals surface area contributed by atoms with Crippen molar-refractivity contribution in [3.05, 3.63) is 24.0 Å². The summed E-state index contributed by atoms with van der Waals surface area (Å²) in [6.45, 7) is 6.08. The third kappa shape index (κ3) is 4.42. The molecule has 1 N–H and O–H groups in total. The Morgan fingerprint density at radius 1 is 1.38 bits per heavy atom. The molecule has 1 aliphatic heterocycles. The van der Waals surface area contributed by atoms with Crippen LogP contribution in [0.2, 0.25) is 0 Å². The number of hydrogen-bond donors (Lipinski definition) is 1. The van der Waals surface area contributed by atoms with Crippen LogP contribution in [0.5, 0.6) is 0 Å². The summed E-state index contributed by atoms with van der Waals surface area (Å²) in [6, 6.07) is 5.10. The van der Waals surface area contributed by atoms with E-state index >= 15 is 0 Å². The summed E-state index contributed by atoms with van der Waals surface area (Å²) in [6.07, 6.45) is 8.48. The number of aromatic nitrogens is 1. The average Bonchev–Trinajstić information content (AvgIpc) is 3.36. The summed E-state index contributed by atoms with van der Waals surface area (Å²) in [4.78, 5) is 6.93. The molecule has 21 heavy (non-hydrogen) atoms. The van der Waals surface area contributed by atoms with Crippen molar-refractivity contribution >= 4 is 5.69 Å². The topological polar surface area (TPSA) is 37.4 Å². The Morgan fingerprint density at radius 2 is 2.29 bits per heavy atom. The van der Waals surface area contributed by atoms with E-state index in [1.54, 1.807) is 0 Å². The highest BCUT2D eigenvalue weighted by Gasteiger charge is 2.22. The van der Waals surface area contributed by atoms with Crippen LogP contribution in [-0.2, 0) is 11.3 Å². The minimum Gasteiger partial charge on any atom is -0.376 e. The number of pyridine rings is 1. The second kappa shape index (κ2) is 7.23. The van der Waals surface area contributed by atoms with Crippen LogP contribution >= 0.6 is 0 Å². The second-order valence-electron chi connectivity index (χ2n) is 6.24. The van der Waals surface area contributed by atoms with E-state index in [0.29, 0.717) is 6.10 Å². The van der Waals surface area contributed by atoms with Crippen LogP contribution < -0.4 is 10.2 Å². The average molecular weight is 289 g/mol. The van der Waals surface area contributed by atoms with Crippen molar-refractivity contribution < 1.29 is 4.74 Å². The van der Waals surface area contributed by atoms with Crippen molar-refractivity contribution in [1.82, 2.24) is 10.3 Å². The fraction of sp³-hybridized carbons (Fsp3) is 0.706. The number of anilines is 1. The molecule has 1 aromatic heterocycles. The first kappa shape index (κ1) is 14.8. The van der Waals surface area contributed by atoms with Crippen molar-refractivity contribution in [3.63, 3.8) is 0 Å². The minimum atomic E-state index is 0.389. The number of nitrogens with one attached hydrogen (secondary N) is 1. The third-order valence-corrected chi connectivity index (χ3v) is 4.25.